The van der Waals surface area contributed by atoms with Crippen molar-refractivity contribution in [1.29, 1.82) is 0 Å². The molecule has 0 amide bonds. The summed E-state index contributed by atoms with van der Waals surface area (Å²) in [5.74, 6) is 0. The monoisotopic (exact) mass is 507 g/mol. The van der Waals surface area contributed by atoms with Gasteiger partial charge in [0.25, 0.3) is 6.33 Å². The Morgan fingerprint density at radius 3 is 2.48 bits per heavy atom. The molecular weight excluding hydrogens is 493 g/mol. The number of nitrogens with one attached hydrogen (secondary N) is 1. The Morgan fingerprint density at radius 1 is 0.871 bits per heavy atom. The van der Waals surface area contributed by atoms with Gasteiger partial charge < -0.3 is 17.4 Å². The van der Waals surface area contributed by atoms with Gasteiger partial charge in [0.1, 0.15) is 5.69 Å². The van der Waals surface area contributed by atoms with E-state index >= 15 is 0 Å². The number of hydrogen-bond donors (Lipinski definition) is 1. The van der Waals surface area contributed by atoms with Gasteiger partial charge in [-0.25, -0.2) is 0 Å². The summed E-state index contributed by atoms with van der Waals surface area (Å²) in [6, 6.07) is 27.0. The number of para-hydroxylation sites is 1. The molecule has 0 unspecified atom stereocenters. The van der Waals surface area contributed by atoms with Crippen molar-refractivity contribution in [3.8, 4) is 16.9 Å². The molecule has 6 aromatic rings. The van der Waals surface area contributed by atoms with Crippen molar-refractivity contribution in [3.05, 3.63) is 101 Å². The summed E-state index contributed by atoms with van der Waals surface area (Å²) in [7, 11) is 0. The summed E-state index contributed by atoms with van der Waals surface area (Å²) < 4.78 is 5.46. The van der Waals surface area contributed by atoms with E-state index in [0.29, 0.717) is 0 Å². The molecule has 6 rings (SSSR count). The highest BCUT2D eigenvalue weighted by atomic mass is 79.9. The number of pyridine rings is 1. The second-order valence-corrected chi connectivity index (χ2v) is 8.70. The Kier molecular flexibility index (Phi) is 5.01. The largest absolute Gasteiger partial charge is 1.00 e. The number of aromatic nitrogens is 3. The molecule has 0 aliphatic heterocycles. The van der Waals surface area contributed by atoms with Gasteiger partial charge in [-0.15, -0.1) is 0 Å². The molecule has 0 fully saturated rings. The number of halogens is 3. The Bertz CT molecular complexity index is 1570. The Hall–Kier alpha value is -2.79. The topological polar surface area (TPSA) is 24.8 Å². The van der Waals surface area contributed by atoms with Gasteiger partial charge in [-0.1, -0.05) is 51.8 Å². The van der Waals surface area contributed by atoms with Crippen molar-refractivity contribution in [2.24, 2.45) is 0 Å². The molecule has 0 saturated carbocycles. The van der Waals surface area contributed by atoms with Crippen LogP contribution >= 0.6 is 27.5 Å². The number of nitrogens with zero attached hydrogens (tertiary/aromatic N) is 2. The van der Waals surface area contributed by atoms with E-state index < -0.39 is 0 Å². The fraction of sp³-hybridized carbons (Fsp3) is 0. The summed E-state index contributed by atoms with van der Waals surface area (Å²) in [4.78, 5) is 3.65. The van der Waals surface area contributed by atoms with Crippen molar-refractivity contribution in [2.75, 3.05) is 0 Å². The number of fused-ring (bicyclic) bond motifs is 5. The predicted octanol–water partition coefficient (Wildman–Crippen LogP) is 3.94. The Labute approximate surface area is 198 Å². The Balaban J connectivity index is 0.00000204. The number of rotatable bonds is 2. The van der Waals surface area contributed by atoms with Crippen LogP contribution in [0.4, 0.5) is 0 Å². The summed E-state index contributed by atoms with van der Waals surface area (Å²) in [5, 5.41) is 3.17. The first-order chi connectivity index (χ1) is 14.7. The molecule has 1 N–H and O–H groups in total. The molecule has 0 aliphatic rings. The van der Waals surface area contributed by atoms with Crippen LogP contribution in [0, 0.1) is 0 Å². The van der Waals surface area contributed by atoms with E-state index in [1.54, 1.807) is 0 Å². The molecular formula is C25H16BrCl2N3. The van der Waals surface area contributed by atoms with Crippen LogP contribution in [0.1, 0.15) is 0 Å². The lowest BCUT2D eigenvalue weighted by Gasteiger charge is -2.03. The molecule has 152 valence electrons. The first-order valence-corrected chi connectivity index (χ1v) is 10.8. The van der Waals surface area contributed by atoms with Gasteiger partial charge in [0.15, 0.2) is 5.69 Å². The maximum absolute atomic E-state index is 6.19. The van der Waals surface area contributed by atoms with Crippen molar-refractivity contribution < 1.29 is 16.8 Å². The fourth-order valence-electron chi connectivity index (χ4n) is 4.22. The molecule has 3 aromatic heterocycles. The van der Waals surface area contributed by atoms with Crippen molar-refractivity contribution >= 4 is 54.9 Å². The summed E-state index contributed by atoms with van der Waals surface area (Å²) >= 11 is 9.81. The van der Waals surface area contributed by atoms with Crippen molar-refractivity contribution in [3.63, 3.8) is 0 Å². The number of H-pyrrole nitrogens is 1. The third-order valence-electron chi connectivity index (χ3n) is 5.55. The van der Waals surface area contributed by atoms with Gasteiger partial charge in [0.05, 0.1) is 11.7 Å². The highest BCUT2D eigenvalue weighted by Gasteiger charge is 2.25. The second kappa shape index (κ2) is 7.72. The van der Waals surface area contributed by atoms with E-state index in [2.05, 4.69) is 103 Å². The zero-order chi connectivity index (χ0) is 20.2. The van der Waals surface area contributed by atoms with E-state index in [4.69, 9.17) is 11.6 Å². The van der Waals surface area contributed by atoms with E-state index in [-0.39, 0.29) is 12.4 Å². The first kappa shape index (κ1) is 20.1. The minimum absolute atomic E-state index is 0. The standard InChI is InChI=1S/C25H16BrClN3.ClH/c26-17-4-3-5-19(14-17)30-15-29-13-12-21-20-6-1-2-7-22(20)28-23(21)25(29)24(30)16-8-10-18(27)11-9-16;/h1-15,28H;1H/q+1;/p-1. The van der Waals surface area contributed by atoms with Gasteiger partial charge in [0.2, 0.25) is 5.52 Å². The average Bonchev–Trinajstić information content (AvgIpc) is 3.33. The minimum Gasteiger partial charge on any atom is -1.00 e. The third kappa shape index (κ3) is 3.23. The zero-order valence-electron chi connectivity index (χ0n) is 16.2. The number of benzene rings is 3. The fourth-order valence-corrected chi connectivity index (χ4v) is 4.73. The lowest BCUT2D eigenvalue weighted by molar-refractivity contribution is -0.510. The normalized spacial score (nSPS) is 11.3. The Morgan fingerprint density at radius 2 is 1.68 bits per heavy atom. The van der Waals surface area contributed by atoms with E-state index in [0.717, 1.165) is 43.0 Å². The molecule has 0 saturated heterocycles. The molecule has 31 heavy (non-hydrogen) atoms. The van der Waals surface area contributed by atoms with Crippen molar-refractivity contribution in [1.82, 2.24) is 9.55 Å². The van der Waals surface area contributed by atoms with Crippen LogP contribution in [0.3, 0.4) is 0 Å². The van der Waals surface area contributed by atoms with Gasteiger partial charge in [-0.3, -0.25) is 0 Å². The minimum atomic E-state index is 0. The lowest BCUT2D eigenvalue weighted by atomic mass is 10.1. The van der Waals surface area contributed by atoms with Crippen LogP contribution in [-0.2, 0) is 0 Å². The number of imidazole rings is 1. The number of hydrogen-bond acceptors (Lipinski definition) is 0. The molecule has 3 aromatic carbocycles. The van der Waals surface area contributed by atoms with Crippen LogP contribution < -0.4 is 16.8 Å². The van der Waals surface area contributed by atoms with Crippen LogP contribution in [0.15, 0.2) is 95.9 Å². The smallest absolute Gasteiger partial charge is 0.254 e. The zero-order valence-corrected chi connectivity index (χ0v) is 19.3. The molecule has 3 heterocycles. The molecule has 0 bridgehead atoms. The summed E-state index contributed by atoms with van der Waals surface area (Å²) in [6.45, 7) is 0. The van der Waals surface area contributed by atoms with Crippen LogP contribution in [0.2, 0.25) is 5.02 Å². The molecule has 3 nitrogen and oxygen atoms in total. The quantitative estimate of drug-likeness (QED) is 0.343. The molecule has 0 radical (unpaired) electrons. The molecule has 6 heteroatoms. The summed E-state index contributed by atoms with van der Waals surface area (Å²) in [6.07, 6.45) is 4.26. The van der Waals surface area contributed by atoms with Crippen LogP contribution in [0.5, 0.6) is 0 Å². The van der Waals surface area contributed by atoms with E-state index in [1.165, 1.54) is 10.8 Å². The van der Waals surface area contributed by atoms with Gasteiger partial charge in [-0.05, 0) is 54.6 Å². The molecule has 0 spiro atoms. The van der Waals surface area contributed by atoms with Gasteiger partial charge in [-0.2, -0.15) is 8.97 Å². The average molecular weight is 509 g/mol. The van der Waals surface area contributed by atoms with Gasteiger partial charge in [0, 0.05) is 31.3 Å². The SMILES string of the molecule is Clc1ccc(-c2c3c4[nH]c5ccccc5c4cc[n+]3cn2-c2cccc(Br)c2)cc1.[Cl-]. The third-order valence-corrected chi connectivity index (χ3v) is 6.30. The van der Waals surface area contributed by atoms with Crippen LogP contribution in [-0.4, -0.2) is 9.55 Å². The predicted molar refractivity (Wildman–Crippen MR) is 126 cm³/mol. The second-order valence-electron chi connectivity index (χ2n) is 7.35. The lowest BCUT2D eigenvalue weighted by Crippen LogP contribution is -3.00. The molecule has 0 atom stereocenters. The van der Waals surface area contributed by atoms with Crippen molar-refractivity contribution in [2.45, 2.75) is 0 Å². The maximum atomic E-state index is 6.19. The highest BCUT2D eigenvalue weighted by Crippen LogP contribution is 2.34. The van der Waals surface area contributed by atoms with Gasteiger partial charge >= 0.3 is 0 Å². The van der Waals surface area contributed by atoms with Crippen LogP contribution in [0.25, 0.3) is 44.3 Å². The van der Waals surface area contributed by atoms with E-state index in [1.807, 2.05) is 18.2 Å². The van der Waals surface area contributed by atoms with E-state index in [9.17, 15) is 0 Å². The maximum Gasteiger partial charge on any atom is 0.254 e. The summed E-state index contributed by atoms with van der Waals surface area (Å²) in [5.41, 5.74) is 6.69. The number of aromatic amines is 1. The highest BCUT2D eigenvalue weighted by molar-refractivity contribution is 9.10. The molecule has 0 aliphatic carbocycles. The first-order valence-electron chi connectivity index (χ1n) is 9.67.